The number of allylic oxidation sites excluding steroid dienone is 1. The second-order valence-corrected chi connectivity index (χ2v) is 2.71. The van der Waals surface area contributed by atoms with Crippen molar-refractivity contribution in [3.63, 3.8) is 0 Å². The van der Waals surface area contributed by atoms with Crippen LogP contribution in [0.25, 0.3) is 0 Å². The number of rotatable bonds is 2. The number of hydrogen-bond donors (Lipinski definition) is 1. The molecule has 0 spiro atoms. The Labute approximate surface area is 66.2 Å². The normalized spacial score (nSPS) is 20.0. The lowest BCUT2D eigenvalue weighted by molar-refractivity contribution is -0.120. The second kappa shape index (κ2) is 3.53. The van der Waals surface area contributed by atoms with E-state index in [9.17, 15) is 4.79 Å². The number of ketones is 1. The monoisotopic (exact) mass is 155 g/mol. The van der Waals surface area contributed by atoms with Crippen molar-refractivity contribution in [3.8, 4) is 0 Å². The predicted molar refractivity (Wildman–Crippen MR) is 41.9 cm³/mol. The number of Topliss-reactive ketones (excluding diaryl/α,β-unsaturated/α-hetero) is 1. The minimum absolute atomic E-state index is 0.0929. The highest BCUT2D eigenvalue weighted by Crippen LogP contribution is 2.11. The summed E-state index contributed by atoms with van der Waals surface area (Å²) in [7, 11) is 0. The van der Waals surface area contributed by atoms with Gasteiger partial charge in [-0.15, -0.1) is 0 Å². The van der Waals surface area contributed by atoms with E-state index in [1.54, 1.807) is 6.92 Å². The van der Waals surface area contributed by atoms with E-state index in [1.807, 2.05) is 6.08 Å². The standard InChI is InChI=1S/C8H13NO2/c1-6(9)8(10)7-4-2-3-5-11-7/h4,6H,2-3,5,9H2,1H3/t6-/m0/s1. The Bertz CT molecular complexity index is 185. The molecule has 3 heteroatoms. The number of nitrogens with two attached hydrogens (primary N) is 1. The maximum Gasteiger partial charge on any atom is 0.213 e. The van der Waals surface area contributed by atoms with Crippen molar-refractivity contribution in [2.75, 3.05) is 6.61 Å². The third-order valence-corrected chi connectivity index (χ3v) is 1.59. The first-order valence-electron chi connectivity index (χ1n) is 3.84. The molecule has 0 fully saturated rings. The lowest BCUT2D eigenvalue weighted by Gasteiger charge is -2.14. The highest BCUT2D eigenvalue weighted by molar-refractivity contribution is 5.97. The molecule has 1 heterocycles. The first kappa shape index (κ1) is 8.27. The zero-order valence-corrected chi connectivity index (χ0v) is 6.67. The van der Waals surface area contributed by atoms with Crippen LogP contribution in [-0.2, 0) is 9.53 Å². The molecule has 1 aliphatic heterocycles. The van der Waals surface area contributed by atoms with Crippen molar-refractivity contribution in [2.24, 2.45) is 5.73 Å². The lowest BCUT2D eigenvalue weighted by atomic mass is 10.1. The van der Waals surface area contributed by atoms with Crippen LogP contribution in [-0.4, -0.2) is 18.4 Å². The molecule has 0 aromatic carbocycles. The molecule has 1 atom stereocenters. The van der Waals surface area contributed by atoms with Gasteiger partial charge in [-0.25, -0.2) is 0 Å². The van der Waals surface area contributed by atoms with Gasteiger partial charge in [-0.2, -0.15) is 0 Å². The van der Waals surface area contributed by atoms with Gasteiger partial charge in [0, 0.05) is 0 Å². The summed E-state index contributed by atoms with van der Waals surface area (Å²) in [5.74, 6) is 0.357. The lowest BCUT2D eigenvalue weighted by Crippen LogP contribution is -2.29. The molecule has 1 aliphatic rings. The van der Waals surface area contributed by atoms with Crippen molar-refractivity contribution in [1.82, 2.24) is 0 Å². The summed E-state index contributed by atoms with van der Waals surface area (Å²) >= 11 is 0. The fraction of sp³-hybridized carbons (Fsp3) is 0.625. The van der Waals surface area contributed by atoms with Gasteiger partial charge < -0.3 is 10.5 Å². The Kier molecular flexibility index (Phi) is 2.65. The fourth-order valence-electron chi connectivity index (χ4n) is 0.954. The SMILES string of the molecule is C[C@H](N)C(=O)C1=CCCCO1. The van der Waals surface area contributed by atoms with Crippen molar-refractivity contribution in [1.29, 1.82) is 0 Å². The fourth-order valence-corrected chi connectivity index (χ4v) is 0.954. The Hall–Kier alpha value is -0.830. The van der Waals surface area contributed by atoms with Gasteiger partial charge >= 0.3 is 0 Å². The Morgan fingerprint density at radius 1 is 1.82 bits per heavy atom. The van der Waals surface area contributed by atoms with Crippen LogP contribution in [0.3, 0.4) is 0 Å². The van der Waals surface area contributed by atoms with Crippen molar-refractivity contribution >= 4 is 5.78 Å². The van der Waals surface area contributed by atoms with Crippen LogP contribution in [0.2, 0.25) is 0 Å². The van der Waals surface area contributed by atoms with Gasteiger partial charge in [-0.3, -0.25) is 4.79 Å². The summed E-state index contributed by atoms with van der Waals surface area (Å²) in [5.41, 5.74) is 5.40. The predicted octanol–water partition coefficient (Wildman–Crippen LogP) is 0.597. The Morgan fingerprint density at radius 3 is 3.00 bits per heavy atom. The van der Waals surface area contributed by atoms with Gasteiger partial charge in [0.05, 0.1) is 12.6 Å². The summed E-state index contributed by atoms with van der Waals surface area (Å²) in [6.45, 7) is 2.31. The number of carbonyl (C=O) groups is 1. The van der Waals surface area contributed by atoms with Crippen LogP contribution >= 0.6 is 0 Å². The Balaban J connectivity index is 2.58. The summed E-state index contributed by atoms with van der Waals surface area (Å²) in [5, 5.41) is 0. The summed E-state index contributed by atoms with van der Waals surface area (Å²) in [6, 6.07) is -0.445. The molecule has 0 saturated carbocycles. The molecular weight excluding hydrogens is 142 g/mol. The highest BCUT2D eigenvalue weighted by Gasteiger charge is 2.16. The molecule has 11 heavy (non-hydrogen) atoms. The maximum absolute atomic E-state index is 11.2. The van der Waals surface area contributed by atoms with Gasteiger partial charge in [-0.1, -0.05) is 0 Å². The second-order valence-electron chi connectivity index (χ2n) is 2.71. The van der Waals surface area contributed by atoms with E-state index in [4.69, 9.17) is 10.5 Å². The molecule has 0 bridgehead atoms. The van der Waals surface area contributed by atoms with Crippen molar-refractivity contribution in [3.05, 3.63) is 11.8 Å². The minimum Gasteiger partial charge on any atom is -0.490 e. The molecule has 62 valence electrons. The first-order chi connectivity index (χ1) is 5.22. The van der Waals surface area contributed by atoms with Crippen LogP contribution in [0.4, 0.5) is 0 Å². The van der Waals surface area contributed by atoms with Crippen LogP contribution in [0, 0.1) is 0 Å². The van der Waals surface area contributed by atoms with Gasteiger partial charge in [0.25, 0.3) is 0 Å². The third-order valence-electron chi connectivity index (χ3n) is 1.59. The van der Waals surface area contributed by atoms with Crippen LogP contribution in [0.1, 0.15) is 19.8 Å². The molecule has 1 rings (SSSR count). The van der Waals surface area contributed by atoms with Gasteiger partial charge in [0.1, 0.15) is 0 Å². The summed E-state index contributed by atoms with van der Waals surface area (Å²) < 4.78 is 5.13. The zero-order valence-electron chi connectivity index (χ0n) is 6.67. The molecule has 0 unspecified atom stereocenters. The molecule has 0 radical (unpaired) electrons. The van der Waals surface area contributed by atoms with Crippen molar-refractivity contribution in [2.45, 2.75) is 25.8 Å². The molecule has 0 aliphatic carbocycles. The minimum atomic E-state index is -0.445. The largest absolute Gasteiger partial charge is 0.490 e. The van der Waals surface area contributed by atoms with Gasteiger partial charge in [-0.05, 0) is 25.8 Å². The number of carbonyl (C=O) groups excluding carboxylic acids is 1. The smallest absolute Gasteiger partial charge is 0.213 e. The van der Waals surface area contributed by atoms with E-state index in [0.29, 0.717) is 12.4 Å². The van der Waals surface area contributed by atoms with Crippen LogP contribution in [0.15, 0.2) is 11.8 Å². The number of hydrogen-bond acceptors (Lipinski definition) is 3. The average Bonchev–Trinajstić information content (AvgIpc) is 2.05. The molecule has 0 amide bonds. The van der Waals surface area contributed by atoms with E-state index in [2.05, 4.69) is 0 Å². The van der Waals surface area contributed by atoms with E-state index in [1.165, 1.54) is 0 Å². The highest BCUT2D eigenvalue weighted by atomic mass is 16.5. The number of ether oxygens (including phenoxy) is 1. The molecule has 0 aromatic rings. The molecule has 3 nitrogen and oxygen atoms in total. The Morgan fingerprint density at radius 2 is 2.55 bits per heavy atom. The van der Waals surface area contributed by atoms with Gasteiger partial charge in [0.15, 0.2) is 5.76 Å². The zero-order chi connectivity index (χ0) is 8.27. The van der Waals surface area contributed by atoms with Crippen LogP contribution < -0.4 is 5.73 Å². The van der Waals surface area contributed by atoms with Crippen molar-refractivity contribution < 1.29 is 9.53 Å². The van der Waals surface area contributed by atoms with E-state index >= 15 is 0 Å². The van der Waals surface area contributed by atoms with Gasteiger partial charge in [0.2, 0.25) is 5.78 Å². The quantitative estimate of drug-likeness (QED) is 0.635. The first-order valence-corrected chi connectivity index (χ1v) is 3.84. The topological polar surface area (TPSA) is 52.3 Å². The molecular formula is C8H13NO2. The summed E-state index contributed by atoms with van der Waals surface area (Å²) in [4.78, 5) is 11.2. The molecule has 2 N–H and O–H groups in total. The average molecular weight is 155 g/mol. The third kappa shape index (κ3) is 2.05. The van der Waals surface area contributed by atoms with Crippen LogP contribution in [0.5, 0.6) is 0 Å². The van der Waals surface area contributed by atoms with E-state index in [-0.39, 0.29) is 5.78 Å². The molecule has 0 saturated heterocycles. The molecule has 0 aromatic heterocycles. The summed E-state index contributed by atoms with van der Waals surface area (Å²) in [6.07, 6.45) is 3.73. The van der Waals surface area contributed by atoms with E-state index < -0.39 is 6.04 Å². The maximum atomic E-state index is 11.2. The van der Waals surface area contributed by atoms with E-state index in [0.717, 1.165) is 12.8 Å².